The van der Waals surface area contributed by atoms with Crippen molar-refractivity contribution in [3.8, 4) is 0 Å². The minimum atomic E-state index is -1.41. The zero-order valence-corrected chi connectivity index (χ0v) is 15.3. The molecule has 0 bridgehead atoms. The molecule has 4 nitrogen and oxygen atoms in total. The molecule has 0 aromatic heterocycles. The molecule has 1 heterocycles. The summed E-state index contributed by atoms with van der Waals surface area (Å²) in [5.74, 6) is -0.897. The van der Waals surface area contributed by atoms with Gasteiger partial charge in [0.25, 0.3) is 0 Å². The van der Waals surface area contributed by atoms with Gasteiger partial charge in [0, 0.05) is 21.9 Å². The van der Waals surface area contributed by atoms with Crippen LogP contribution in [0, 0.1) is 11.7 Å². The SMILES string of the molecule is CC(C)OC[C@@]1(C)SC(N)=N[C@](CF)(c2cc(N)ccc2F)[C@@H]1C. The Hall–Kier alpha value is -1.34. The van der Waals surface area contributed by atoms with Crippen LogP contribution in [0.2, 0.25) is 0 Å². The van der Waals surface area contributed by atoms with Crippen molar-refractivity contribution in [2.75, 3.05) is 19.0 Å². The Morgan fingerprint density at radius 3 is 2.62 bits per heavy atom. The molecule has 0 spiro atoms. The van der Waals surface area contributed by atoms with E-state index in [4.69, 9.17) is 16.2 Å². The summed E-state index contributed by atoms with van der Waals surface area (Å²) in [6.07, 6.45) is 0.0265. The van der Waals surface area contributed by atoms with Crippen molar-refractivity contribution < 1.29 is 13.5 Å². The fourth-order valence-electron chi connectivity index (χ4n) is 3.02. The topological polar surface area (TPSA) is 73.6 Å². The molecule has 1 aliphatic heterocycles. The van der Waals surface area contributed by atoms with Crippen LogP contribution in [-0.2, 0) is 10.3 Å². The molecule has 0 fully saturated rings. The largest absolute Gasteiger partial charge is 0.399 e. The first kappa shape index (κ1) is 19.0. The highest BCUT2D eigenvalue weighted by Crippen LogP contribution is 2.51. The van der Waals surface area contributed by atoms with Crippen molar-refractivity contribution in [3.63, 3.8) is 0 Å². The van der Waals surface area contributed by atoms with E-state index in [1.165, 1.54) is 30.0 Å². The summed E-state index contributed by atoms with van der Waals surface area (Å²) in [4.78, 5) is 4.34. The van der Waals surface area contributed by atoms with Gasteiger partial charge in [0.05, 0.1) is 12.7 Å². The smallest absolute Gasteiger partial charge is 0.155 e. The number of amidine groups is 1. The Morgan fingerprint density at radius 2 is 2.04 bits per heavy atom. The number of benzene rings is 1. The van der Waals surface area contributed by atoms with Crippen LogP contribution in [0.5, 0.6) is 0 Å². The highest BCUT2D eigenvalue weighted by molar-refractivity contribution is 8.15. The molecule has 24 heavy (non-hydrogen) atoms. The number of halogens is 2. The predicted octanol–water partition coefficient (Wildman–Crippen LogP) is 3.45. The van der Waals surface area contributed by atoms with Gasteiger partial charge in [-0.1, -0.05) is 18.7 Å². The maximum Gasteiger partial charge on any atom is 0.155 e. The molecule has 4 N–H and O–H groups in total. The van der Waals surface area contributed by atoms with Crippen molar-refractivity contribution in [2.45, 2.75) is 44.1 Å². The monoisotopic (exact) mass is 357 g/mol. The van der Waals surface area contributed by atoms with Crippen molar-refractivity contribution in [3.05, 3.63) is 29.6 Å². The number of hydrogen-bond acceptors (Lipinski definition) is 5. The minimum Gasteiger partial charge on any atom is -0.399 e. The van der Waals surface area contributed by atoms with Crippen molar-refractivity contribution in [2.24, 2.45) is 16.6 Å². The Morgan fingerprint density at radius 1 is 1.38 bits per heavy atom. The lowest BCUT2D eigenvalue weighted by atomic mass is 9.73. The first-order chi connectivity index (χ1) is 11.1. The van der Waals surface area contributed by atoms with Gasteiger partial charge in [-0.25, -0.2) is 13.8 Å². The van der Waals surface area contributed by atoms with E-state index in [2.05, 4.69) is 4.99 Å². The number of rotatable bonds is 5. The maximum atomic E-state index is 14.5. The highest BCUT2D eigenvalue weighted by Gasteiger charge is 2.53. The van der Waals surface area contributed by atoms with Crippen molar-refractivity contribution in [1.82, 2.24) is 0 Å². The van der Waals surface area contributed by atoms with Gasteiger partial charge < -0.3 is 16.2 Å². The van der Waals surface area contributed by atoms with Gasteiger partial charge in [-0.05, 0) is 39.0 Å². The van der Waals surface area contributed by atoms with Crippen LogP contribution in [0.1, 0.15) is 33.3 Å². The van der Waals surface area contributed by atoms with Gasteiger partial charge in [-0.15, -0.1) is 0 Å². The summed E-state index contributed by atoms with van der Waals surface area (Å²) in [6, 6.07) is 4.13. The zero-order chi connectivity index (χ0) is 18.1. The maximum absolute atomic E-state index is 14.5. The van der Waals surface area contributed by atoms with E-state index in [0.29, 0.717) is 12.3 Å². The Bertz CT molecular complexity index is 640. The molecule has 0 amide bonds. The van der Waals surface area contributed by atoms with E-state index in [0.717, 1.165) is 0 Å². The number of nitrogens with zero attached hydrogens (tertiary/aromatic N) is 1. The number of hydrogen-bond donors (Lipinski definition) is 2. The first-order valence-electron chi connectivity index (χ1n) is 7.92. The van der Waals surface area contributed by atoms with Crippen LogP contribution in [0.3, 0.4) is 0 Å². The van der Waals surface area contributed by atoms with Crippen LogP contribution >= 0.6 is 11.8 Å². The molecule has 7 heteroatoms. The highest BCUT2D eigenvalue weighted by atomic mass is 32.2. The van der Waals surface area contributed by atoms with E-state index >= 15 is 0 Å². The molecule has 1 aliphatic rings. The Labute approximate surface area is 146 Å². The number of nitrogen functional groups attached to an aromatic ring is 1. The van der Waals surface area contributed by atoms with Gasteiger partial charge >= 0.3 is 0 Å². The fraction of sp³-hybridized carbons (Fsp3) is 0.588. The summed E-state index contributed by atoms with van der Waals surface area (Å²) in [6.45, 7) is 7.15. The number of thioether (sulfide) groups is 1. The second kappa shape index (κ2) is 6.88. The fourth-order valence-corrected chi connectivity index (χ4v) is 4.21. The second-order valence-electron chi connectivity index (χ2n) is 6.74. The molecule has 0 saturated heterocycles. The van der Waals surface area contributed by atoms with E-state index < -0.39 is 22.8 Å². The lowest BCUT2D eigenvalue weighted by molar-refractivity contribution is 0.0375. The number of anilines is 1. The van der Waals surface area contributed by atoms with Gasteiger partial charge in [0.1, 0.15) is 18.0 Å². The second-order valence-corrected chi connectivity index (χ2v) is 8.30. The third kappa shape index (κ3) is 3.37. The summed E-state index contributed by atoms with van der Waals surface area (Å²) in [7, 11) is 0. The van der Waals surface area contributed by atoms with E-state index in [-0.39, 0.29) is 22.8 Å². The Kier molecular flexibility index (Phi) is 5.44. The third-order valence-electron chi connectivity index (χ3n) is 4.64. The zero-order valence-electron chi connectivity index (χ0n) is 14.5. The van der Waals surface area contributed by atoms with Crippen LogP contribution < -0.4 is 11.5 Å². The average molecular weight is 357 g/mol. The summed E-state index contributed by atoms with van der Waals surface area (Å²) in [5, 5.41) is 0.224. The molecule has 0 aliphatic carbocycles. The standard InChI is InChI=1S/C17H25F2N3OS/c1-10(2)23-9-16(4)11(3)17(8-18,22-15(21)24-16)13-7-12(20)5-6-14(13)19/h5-7,10-11H,8-9,20H2,1-4H3,(H2,21,22)/t11-,16-,17+/m1/s1. The number of alkyl halides is 1. The third-order valence-corrected chi connectivity index (χ3v) is 5.88. The van der Waals surface area contributed by atoms with Crippen LogP contribution in [0.4, 0.5) is 14.5 Å². The molecule has 134 valence electrons. The van der Waals surface area contributed by atoms with Crippen LogP contribution in [0.15, 0.2) is 23.2 Å². The minimum absolute atomic E-state index is 0.0265. The molecule has 3 atom stereocenters. The summed E-state index contributed by atoms with van der Waals surface area (Å²) >= 11 is 1.34. The average Bonchev–Trinajstić information content (AvgIpc) is 2.51. The molecule has 1 aromatic carbocycles. The predicted molar refractivity (Wildman–Crippen MR) is 96.3 cm³/mol. The van der Waals surface area contributed by atoms with Gasteiger partial charge in [0.2, 0.25) is 0 Å². The first-order valence-corrected chi connectivity index (χ1v) is 8.73. The Balaban J connectivity index is 2.55. The summed E-state index contributed by atoms with van der Waals surface area (Å²) in [5.41, 5.74) is 10.9. The van der Waals surface area contributed by atoms with Crippen LogP contribution in [0.25, 0.3) is 0 Å². The summed E-state index contributed by atoms with van der Waals surface area (Å²) < 4.78 is 34.0. The molecule has 0 unspecified atom stereocenters. The van der Waals surface area contributed by atoms with E-state index in [9.17, 15) is 8.78 Å². The lowest BCUT2D eigenvalue weighted by Gasteiger charge is -2.47. The van der Waals surface area contributed by atoms with Gasteiger partial charge in [0.15, 0.2) is 5.17 Å². The molecule has 1 aromatic rings. The van der Waals surface area contributed by atoms with E-state index in [1.54, 1.807) is 0 Å². The molecule has 0 radical (unpaired) electrons. The van der Waals surface area contributed by atoms with Crippen molar-refractivity contribution >= 4 is 22.6 Å². The lowest BCUT2D eigenvalue weighted by Crippen LogP contribution is -2.53. The van der Waals surface area contributed by atoms with Crippen molar-refractivity contribution in [1.29, 1.82) is 0 Å². The van der Waals surface area contributed by atoms with Gasteiger partial charge in [-0.3, -0.25) is 0 Å². The molecular weight excluding hydrogens is 332 g/mol. The molecule has 0 saturated carbocycles. The molecule has 2 rings (SSSR count). The van der Waals surface area contributed by atoms with Crippen LogP contribution in [-0.4, -0.2) is 29.3 Å². The normalized spacial score (nSPS) is 30.5. The van der Waals surface area contributed by atoms with Gasteiger partial charge in [-0.2, -0.15) is 0 Å². The van der Waals surface area contributed by atoms with E-state index in [1.807, 2.05) is 27.7 Å². The molecular formula is C17H25F2N3OS. The number of aliphatic imine (C=N–C) groups is 1. The number of nitrogens with two attached hydrogens (primary N) is 2. The quantitative estimate of drug-likeness (QED) is 0.792. The number of ether oxygens (including phenoxy) is 1.